The average molecular weight is 274 g/mol. The molecular formula is C15H18N2OS. The van der Waals surface area contributed by atoms with Gasteiger partial charge in [0.2, 0.25) is 0 Å². The van der Waals surface area contributed by atoms with E-state index < -0.39 is 0 Å². The number of hydrogen-bond donors (Lipinski definition) is 1. The molecule has 2 N–H and O–H groups in total. The van der Waals surface area contributed by atoms with Crippen LogP contribution in [0.3, 0.4) is 0 Å². The number of carbonyl (C=O) groups is 1. The SMILES string of the molecule is Cc1cc(C(=O)N(C)C(C)c2cccs2)ccc1N. The van der Waals surface area contributed by atoms with Crippen LogP contribution in [0.2, 0.25) is 0 Å². The molecule has 100 valence electrons. The highest BCUT2D eigenvalue weighted by atomic mass is 32.1. The summed E-state index contributed by atoms with van der Waals surface area (Å²) in [5, 5.41) is 2.03. The van der Waals surface area contributed by atoms with Crippen LogP contribution < -0.4 is 5.73 Å². The third-order valence-electron chi connectivity index (χ3n) is 3.37. The van der Waals surface area contributed by atoms with Crippen LogP contribution in [0.15, 0.2) is 35.7 Å². The van der Waals surface area contributed by atoms with E-state index in [1.165, 1.54) is 4.88 Å². The molecule has 1 atom stereocenters. The van der Waals surface area contributed by atoms with Gasteiger partial charge in [0.1, 0.15) is 0 Å². The summed E-state index contributed by atoms with van der Waals surface area (Å²) in [4.78, 5) is 15.4. The van der Waals surface area contributed by atoms with Crippen LogP contribution in [0.5, 0.6) is 0 Å². The molecule has 2 rings (SSSR count). The number of amides is 1. The molecule has 0 saturated carbocycles. The maximum absolute atomic E-state index is 12.4. The van der Waals surface area contributed by atoms with Crippen molar-refractivity contribution in [2.24, 2.45) is 0 Å². The molecule has 0 spiro atoms. The Morgan fingerprint density at radius 1 is 1.37 bits per heavy atom. The molecule has 0 fully saturated rings. The first kappa shape index (κ1) is 13.6. The van der Waals surface area contributed by atoms with Crippen LogP contribution in [0.1, 0.15) is 33.8 Å². The van der Waals surface area contributed by atoms with E-state index in [1.54, 1.807) is 28.4 Å². The lowest BCUT2D eigenvalue weighted by Crippen LogP contribution is -2.29. The third kappa shape index (κ3) is 2.79. The lowest BCUT2D eigenvalue weighted by atomic mass is 10.1. The number of nitrogens with two attached hydrogens (primary N) is 1. The predicted octanol–water partition coefficient (Wildman–Crippen LogP) is 3.47. The van der Waals surface area contributed by atoms with Gasteiger partial charge in [-0.25, -0.2) is 0 Å². The number of thiophene rings is 1. The van der Waals surface area contributed by atoms with Crippen LogP contribution in [0.4, 0.5) is 5.69 Å². The number of rotatable bonds is 3. The summed E-state index contributed by atoms with van der Waals surface area (Å²) in [6, 6.07) is 9.53. The van der Waals surface area contributed by atoms with Gasteiger partial charge >= 0.3 is 0 Å². The van der Waals surface area contributed by atoms with Crippen molar-refractivity contribution in [3.63, 3.8) is 0 Å². The smallest absolute Gasteiger partial charge is 0.254 e. The highest BCUT2D eigenvalue weighted by Crippen LogP contribution is 2.25. The normalized spacial score (nSPS) is 12.2. The van der Waals surface area contributed by atoms with Gasteiger partial charge in [-0.2, -0.15) is 0 Å². The Balaban J connectivity index is 2.21. The Morgan fingerprint density at radius 2 is 2.11 bits per heavy atom. The average Bonchev–Trinajstić information content (AvgIpc) is 2.93. The molecule has 0 aliphatic rings. The van der Waals surface area contributed by atoms with E-state index >= 15 is 0 Å². The first-order chi connectivity index (χ1) is 9.00. The summed E-state index contributed by atoms with van der Waals surface area (Å²) >= 11 is 1.66. The number of carbonyl (C=O) groups excluding carboxylic acids is 1. The monoisotopic (exact) mass is 274 g/mol. The predicted molar refractivity (Wildman–Crippen MR) is 80.4 cm³/mol. The summed E-state index contributed by atoms with van der Waals surface area (Å²) in [5.74, 6) is 0.0176. The van der Waals surface area contributed by atoms with Crippen molar-refractivity contribution in [1.82, 2.24) is 4.90 Å². The number of benzene rings is 1. The molecule has 19 heavy (non-hydrogen) atoms. The van der Waals surface area contributed by atoms with E-state index in [2.05, 4.69) is 0 Å². The first-order valence-corrected chi connectivity index (χ1v) is 7.05. The van der Waals surface area contributed by atoms with Crippen LogP contribution in [-0.2, 0) is 0 Å². The maximum Gasteiger partial charge on any atom is 0.254 e. The first-order valence-electron chi connectivity index (χ1n) is 6.17. The molecule has 1 unspecified atom stereocenters. The van der Waals surface area contributed by atoms with Crippen molar-refractivity contribution in [1.29, 1.82) is 0 Å². The Hall–Kier alpha value is -1.81. The number of hydrogen-bond acceptors (Lipinski definition) is 3. The number of anilines is 1. The lowest BCUT2D eigenvalue weighted by Gasteiger charge is -2.24. The zero-order valence-electron chi connectivity index (χ0n) is 11.4. The topological polar surface area (TPSA) is 46.3 Å². The Bertz CT molecular complexity index is 578. The molecular weight excluding hydrogens is 256 g/mol. The van der Waals surface area contributed by atoms with Gasteiger partial charge in [-0.3, -0.25) is 4.79 Å². The number of aryl methyl sites for hydroxylation is 1. The molecule has 4 heteroatoms. The second-order valence-electron chi connectivity index (χ2n) is 4.68. The fourth-order valence-electron chi connectivity index (χ4n) is 1.91. The van der Waals surface area contributed by atoms with Crippen molar-refractivity contribution < 1.29 is 4.79 Å². The summed E-state index contributed by atoms with van der Waals surface area (Å²) in [6.07, 6.45) is 0. The van der Waals surface area contributed by atoms with Gasteiger partial charge < -0.3 is 10.6 Å². The van der Waals surface area contributed by atoms with E-state index in [0.29, 0.717) is 11.3 Å². The van der Waals surface area contributed by atoms with Gasteiger partial charge in [-0.1, -0.05) is 6.07 Å². The molecule has 1 amide bonds. The molecule has 0 bridgehead atoms. The van der Waals surface area contributed by atoms with E-state index in [-0.39, 0.29) is 11.9 Å². The second kappa shape index (κ2) is 5.45. The molecule has 1 aromatic heterocycles. The standard InChI is InChI=1S/C15H18N2OS/c1-10-9-12(6-7-13(10)16)15(18)17(3)11(2)14-5-4-8-19-14/h4-9,11H,16H2,1-3H3. The molecule has 0 aliphatic carbocycles. The molecule has 2 aromatic rings. The van der Waals surface area contributed by atoms with E-state index in [1.807, 2.05) is 44.5 Å². The Kier molecular flexibility index (Phi) is 3.90. The number of nitrogens with zero attached hydrogens (tertiary/aromatic N) is 1. The van der Waals surface area contributed by atoms with Crippen LogP contribution >= 0.6 is 11.3 Å². The van der Waals surface area contributed by atoms with Crippen molar-refractivity contribution in [3.8, 4) is 0 Å². The van der Waals surface area contributed by atoms with Gasteiger partial charge in [0.05, 0.1) is 6.04 Å². The molecule has 0 saturated heterocycles. The zero-order chi connectivity index (χ0) is 14.0. The molecule has 1 heterocycles. The van der Waals surface area contributed by atoms with E-state index in [0.717, 1.165) is 5.56 Å². The summed E-state index contributed by atoms with van der Waals surface area (Å²) in [6.45, 7) is 3.95. The number of nitrogen functional groups attached to an aromatic ring is 1. The molecule has 3 nitrogen and oxygen atoms in total. The fraction of sp³-hybridized carbons (Fsp3) is 0.267. The van der Waals surface area contributed by atoms with E-state index in [9.17, 15) is 4.79 Å². The molecule has 0 radical (unpaired) electrons. The van der Waals surface area contributed by atoms with Crippen molar-refractivity contribution in [3.05, 3.63) is 51.7 Å². The minimum Gasteiger partial charge on any atom is -0.399 e. The largest absolute Gasteiger partial charge is 0.399 e. The molecule has 0 aliphatic heterocycles. The van der Waals surface area contributed by atoms with Gasteiger partial charge in [0.25, 0.3) is 5.91 Å². The minimum absolute atomic E-state index is 0.0176. The van der Waals surface area contributed by atoms with Crippen molar-refractivity contribution in [2.75, 3.05) is 12.8 Å². The fourth-order valence-corrected chi connectivity index (χ4v) is 2.73. The van der Waals surface area contributed by atoms with Crippen LogP contribution in [0.25, 0.3) is 0 Å². The van der Waals surface area contributed by atoms with Gasteiger partial charge in [-0.15, -0.1) is 11.3 Å². The van der Waals surface area contributed by atoms with Crippen LogP contribution in [0, 0.1) is 6.92 Å². The Morgan fingerprint density at radius 3 is 2.68 bits per heavy atom. The van der Waals surface area contributed by atoms with Crippen molar-refractivity contribution >= 4 is 22.9 Å². The zero-order valence-corrected chi connectivity index (χ0v) is 12.2. The minimum atomic E-state index is 0.0176. The maximum atomic E-state index is 12.4. The van der Waals surface area contributed by atoms with Gasteiger partial charge in [-0.05, 0) is 49.1 Å². The van der Waals surface area contributed by atoms with Gasteiger partial charge in [0.15, 0.2) is 0 Å². The summed E-state index contributed by atoms with van der Waals surface area (Å²) < 4.78 is 0. The lowest BCUT2D eigenvalue weighted by molar-refractivity contribution is 0.0745. The summed E-state index contributed by atoms with van der Waals surface area (Å²) in [5.41, 5.74) is 8.10. The van der Waals surface area contributed by atoms with E-state index in [4.69, 9.17) is 5.73 Å². The highest BCUT2D eigenvalue weighted by Gasteiger charge is 2.19. The van der Waals surface area contributed by atoms with Crippen molar-refractivity contribution in [2.45, 2.75) is 19.9 Å². The second-order valence-corrected chi connectivity index (χ2v) is 5.66. The third-order valence-corrected chi connectivity index (χ3v) is 4.42. The van der Waals surface area contributed by atoms with Crippen LogP contribution in [-0.4, -0.2) is 17.9 Å². The quantitative estimate of drug-likeness (QED) is 0.871. The summed E-state index contributed by atoms with van der Waals surface area (Å²) in [7, 11) is 1.83. The molecule has 1 aromatic carbocycles. The highest BCUT2D eigenvalue weighted by molar-refractivity contribution is 7.10. The Labute approximate surface area is 117 Å². The van der Waals surface area contributed by atoms with Gasteiger partial charge in [0, 0.05) is 23.2 Å².